The van der Waals surface area contributed by atoms with Gasteiger partial charge in [-0.05, 0) is 12.0 Å². The highest BCUT2D eigenvalue weighted by molar-refractivity contribution is 5.18. The number of benzene rings is 1. The van der Waals surface area contributed by atoms with Crippen LogP contribution in [0.5, 0.6) is 0 Å². The number of likely N-dealkylation sites (N-methyl/N-ethyl adjacent to an activating group) is 1. The molecule has 1 rings (SSSR count). The molecule has 84 valence electrons. The molecule has 0 spiro atoms. The molecule has 0 radical (unpaired) electrons. The number of unbranched alkanes of at least 4 members (excludes halogenated alkanes) is 1. The molecule has 0 saturated heterocycles. The van der Waals surface area contributed by atoms with Crippen molar-refractivity contribution in [2.75, 3.05) is 20.1 Å². The monoisotopic (exact) mass is 206 g/mol. The Morgan fingerprint density at radius 1 is 1.20 bits per heavy atom. The Morgan fingerprint density at radius 2 is 1.87 bits per heavy atom. The average molecular weight is 206 g/mol. The van der Waals surface area contributed by atoms with Gasteiger partial charge in [0.2, 0.25) is 0 Å². The van der Waals surface area contributed by atoms with Crippen LogP contribution in [0.3, 0.4) is 0 Å². The minimum Gasteiger partial charge on any atom is -0.337 e. The second-order valence-corrected chi connectivity index (χ2v) is 4.58. The van der Waals surface area contributed by atoms with Crippen LogP contribution in [0, 0.1) is 0 Å². The zero-order chi connectivity index (χ0) is 11.1. The van der Waals surface area contributed by atoms with Crippen molar-refractivity contribution in [2.24, 2.45) is 0 Å². The van der Waals surface area contributed by atoms with Gasteiger partial charge >= 0.3 is 0 Å². The lowest BCUT2D eigenvalue weighted by Gasteiger charge is -2.18. The molecule has 15 heavy (non-hydrogen) atoms. The van der Waals surface area contributed by atoms with Gasteiger partial charge < -0.3 is 4.90 Å². The van der Waals surface area contributed by atoms with Crippen LogP contribution in [0.15, 0.2) is 30.3 Å². The Balaban J connectivity index is 2.38. The van der Waals surface area contributed by atoms with E-state index in [4.69, 9.17) is 0 Å². The van der Waals surface area contributed by atoms with Crippen molar-refractivity contribution in [2.45, 2.75) is 32.6 Å². The molecule has 0 aliphatic heterocycles. The Kier molecular flexibility index (Phi) is 5.41. The highest BCUT2D eigenvalue weighted by Crippen LogP contribution is 2.11. The third kappa shape index (κ3) is 4.48. The van der Waals surface area contributed by atoms with Gasteiger partial charge in [0.25, 0.3) is 0 Å². The Labute approximate surface area is 94.1 Å². The summed E-state index contributed by atoms with van der Waals surface area (Å²) in [5.41, 5.74) is 1.47. The van der Waals surface area contributed by atoms with E-state index in [1.54, 1.807) is 4.90 Å². The SMILES string of the molecule is CCCC[NH+](C)C[C@@H](C)c1ccccc1. The van der Waals surface area contributed by atoms with Gasteiger partial charge in [-0.25, -0.2) is 0 Å². The van der Waals surface area contributed by atoms with E-state index in [0.717, 1.165) is 0 Å². The Bertz CT molecular complexity index is 255. The van der Waals surface area contributed by atoms with Crippen LogP contribution in [-0.4, -0.2) is 20.1 Å². The highest BCUT2D eigenvalue weighted by Gasteiger charge is 2.10. The summed E-state index contributed by atoms with van der Waals surface area (Å²) < 4.78 is 0. The van der Waals surface area contributed by atoms with E-state index in [2.05, 4.69) is 51.2 Å². The van der Waals surface area contributed by atoms with Crippen LogP contribution >= 0.6 is 0 Å². The third-order valence-electron chi connectivity index (χ3n) is 2.98. The molecule has 0 aromatic heterocycles. The first-order chi connectivity index (χ1) is 7.24. The van der Waals surface area contributed by atoms with Gasteiger partial charge in [0, 0.05) is 5.92 Å². The van der Waals surface area contributed by atoms with Crippen molar-refractivity contribution < 1.29 is 4.90 Å². The zero-order valence-corrected chi connectivity index (χ0v) is 10.3. The summed E-state index contributed by atoms with van der Waals surface area (Å²) in [6.07, 6.45) is 2.64. The molecular formula is C14H24N+. The number of quaternary nitrogens is 1. The number of hydrogen-bond donors (Lipinski definition) is 1. The minimum absolute atomic E-state index is 0.669. The van der Waals surface area contributed by atoms with Gasteiger partial charge in [0.05, 0.1) is 20.1 Å². The Morgan fingerprint density at radius 3 is 2.47 bits per heavy atom. The number of rotatable bonds is 6. The molecule has 0 fully saturated rings. The first-order valence-electron chi connectivity index (χ1n) is 6.10. The Hall–Kier alpha value is -0.820. The van der Waals surface area contributed by atoms with Crippen molar-refractivity contribution in [3.63, 3.8) is 0 Å². The van der Waals surface area contributed by atoms with Crippen molar-refractivity contribution in [3.8, 4) is 0 Å². The van der Waals surface area contributed by atoms with Crippen LogP contribution in [0.25, 0.3) is 0 Å². The van der Waals surface area contributed by atoms with E-state index in [9.17, 15) is 0 Å². The van der Waals surface area contributed by atoms with Gasteiger partial charge in [-0.1, -0.05) is 50.6 Å². The van der Waals surface area contributed by atoms with E-state index in [1.165, 1.54) is 31.5 Å². The van der Waals surface area contributed by atoms with Gasteiger partial charge in [-0.3, -0.25) is 0 Å². The molecule has 0 saturated carbocycles. The molecule has 1 N–H and O–H groups in total. The number of hydrogen-bond acceptors (Lipinski definition) is 0. The molecule has 0 heterocycles. The van der Waals surface area contributed by atoms with Crippen LogP contribution in [0.1, 0.15) is 38.2 Å². The summed E-state index contributed by atoms with van der Waals surface area (Å²) in [5, 5.41) is 0. The van der Waals surface area contributed by atoms with Crippen molar-refractivity contribution >= 4 is 0 Å². The second-order valence-electron chi connectivity index (χ2n) is 4.58. The lowest BCUT2D eigenvalue weighted by molar-refractivity contribution is -0.881. The highest BCUT2D eigenvalue weighted by atomic mass is 15.1. The minimum atomic E-state index is 0.669. The summed E-state index contributed by atoms with van der Waals surface area (Å²) in [5.74, 6) is 0.669. The van der Waals surface area contributed by atoms with Crippen LogP contribution in [0.4, 0.5) is 0 Å². The molecule has 1 heteroatoms. The van der Waals surface area contributed by atoms with Crippen LogP contribution < -0.4 is 4.90 Å². The molecule has 0 aliphatic rings. The van der Waals surface area contributed by atoms with Gasteiger partial charge in [0.1, 0.15) is 0 Å². The van der Waals surface area contributed by atoms with E-state index in [1.807, 2.05) is 0 Å². The summed E-state index contributed by atoms with van der Waals surface area (Å²) in [6, 6.07) is 10.8. The summed E-state index contributed by atoms with van der Waals surface area (Å²) in [6.45, 7) is 7.12. The summed E-state index contributed by atoms with van der Waals surface area (Å²) >= 11 is 0. The largest absolute Gasteiger partial charge is 0.337 e. The topological polar surface area (TPSA) is 4.44 Å². The molecular weight excluding hydrogens is 182 g/mol. The summed E-state index contributed by atoms with van der Waals surface area (Å²) in [4.78, 5) is 1.65. The molecule has 1 unspecified atom stereocenters. The molecule has 2 atom stereocenters. The molecule has 0 amide bonds. The molecule has 1 aromatic carbocycles. The third-order valence-corrected chi connectivity index (χ3v) is 2.98. The van der Waals surface area contributed by atoms with E-state index >= 15 is 0 Å². The van der Waals surface area contributed by atoms with Crippen LogP contribution in [-0.2, 0) is 0 Å². The van der Waals surface area contributed by atoms with Crippen molar-refractivity contribution in [3.05, 3.63) is 35.9 Å². The van der Waals surface area contributed by atoms with Gasteiger partial charge in [0.15, 0.2) is 0 Å². The smallest absolute Gasteiger partial charge is 0.0835 e. The van der Waals surface area contributed by atoms with Gasteiger partial charge in [-0.2, -0.15) is 0 Å². The van der Waals surface area contributed by atoms with Crippen LogP contribution in [0.2, 0.25) is 0 Å². The lowest BCUT2D eigenvalue weighted by Crippen LogP contribution is -3.09. The normalized spacial score (nSPS) is 14.9. The fourth-order valence-corrected chi connectivity index (χ4v) is 2.00. The molecule has 0 bridgehead atoms. The molecule has 1 nitrogen and oxygen atoms in total. The fraction of sp³-hybridized carbons (Fsp3) is 0.571. The predicted octanol–water partition coefficient (Wildman–Crippen LogP) is 2.10. The maximum absolute atomic E-state index is 2.32. The molecule has 0 aliphatic carbocycles. The van der Waals surface area contributed by atoms with E-state index < -0.39 is 0 Å². The fourth-order valence-electron chi connectivity index (χ4n) is 2.00. The quantitative estimate of drug-likeness (QED) is 0.727. The van der Waals surface area contributed by atoms with Gasteiger partial charge in [-0.15, -0.1) is 0 Å². The second kappa shape index (κ2) is 6.62. The predicted molar refractivity (Wildman–Crippen MR) is 66.4 cm³/mol. The standard InChI is InChI=1S/C14H23N/c1-4-5-11-15(3)12-13(2)14-9-7-6-8-10-14/h6-10,13H,4-5,11-12H2,1-3H3/p+1/t13-/m1/s1. The van der Waals surface area contributed by atoms with Crippen molar-refractivity contribution in [1.29, 1.82) is 0 Å². The van der Waals surface area contributed by atoms with Crippen molar-refractivity contribution in [1.82, 2.24) is 0 Å². The van der Waals surface area contributed by atoms with E-state index in [0.29, 0.717) is 5.92 Å². The lowest BCUT2D eigenvalue weighted by atomic mass is 10.0. The first-order valence-corrected chi connectivity index (χ1v) is 6.10. The maximum Gasteiger partial charge on any atom is 0.0835 e. The molecule has 1 aromatic rings. The number of nitrogens with one attached hydrogen (secondary N) is 1. The first kappa shape index (κ1) is 12.3. The van der Waals surface area contributed by atoms with E-state index in [-0.39, 0.29) is 0 Å². The maximum atomic E-state index is 2.32. The summed E-state index contributed by atoms with van der Waals surface area (Å²) in [7, 11) is 2.30. The average Bonchev–Trinajstić information content (AvgIpc) is 2.27. The zero-order valence-electron chi connectivity index (χ0n) is 10.3.